The molecule has 116 valence electrons. The molecule has 3 N–H and O–H groups in total. The lowest BCUT2D eigenvalue weighted by molar-refractivity contribution is -0.139. The predicted molar refractivity (Wildman–Crippen MR) is 84.4 cm³/mol. The third kappa shape index (κ3) is 4.93. The van der Waals surface area contributed by atoms with Crippen LogP contribution in [0.4, 0.5) is 0 Å². The number of thioether (sulfide) groups is 1. The largest absolute Gasteiger partial charge is 0.480 e. The van der Waals surface area contributed by atoms with Crippen LogP contribution in [0.1, 0.15) is 51.4 Å². The van der Waals surface area contributed by atoms with Gasteiger partial charge in [-0.25, -0.2) is 0 Å². The lowest BCUT2D eigenvalue weighted by Crippen LogP contribution is -2.45. The van der Waals surface area contributed by atoms with Crippen LogP contribution >= 0.6 is 11.8 Å². The van der Waals surface area contributed by atoms with E-state index in [2.05, 4.69) is 10.6 Å². The number of hydrogen-bond acceptors (Lipinski definition) is 4. The van der Waals surface area contributed by atoms with Crippen LogP contribution in [0.3, 0.4) is 0 Å². The van der Waals surface area contributed by atoms with Crippen molar-refractivity contribution in [3.63, 3.8) is 0 Å². The van der Waals surface area contributed by atoms with E-state index in [-0.39, 0.29) is 10.8 Å². The van der Waals surface area contributed by atoms with Crippen LogP contribution in [0.25, 0.3) is 0 Å². The fourth-order valence-electron chi connectivity index (χ4n) is 3.20. The number of aliphatic carboxylic acids is 1. The SMILES string of the molecule is O=C(O)C1CCCCCCNCCC2(CCCS2)CN1. The maximum absolute atomic E-state index is 11.4. The van der Waals surface area contributed by atoms with Crippen molar-refractivity contribution < 1.29 is 9.90 Å². The molecule has 0 amide bonds. The van der Waals surface area contributed by atoms with Gasteiger partial charge in [-0.3, -0.25) is 4.79 Å². The summed E-state index contributed by atoms with van der Waals surface area (Å²) >= 11 is 2.04. The molecule has 2 rings (SSSR count). The Labute approximate surface area is 126 Å². The lowest BCUT2D eigenvalue weighted by atomic mass is 9.98. The number of carbonyl (C=O) groups is 1. The first-order valence-corrected chi connectivity index (χ1v) is 9.01. The van der Waals surface area contributed by atoms with Gasteiger partial charge in [-0.1, -0.05) is 19.3 Å². The van der Waals surface area contributed by atoms with Crippen LogP contribution in [0, 0.1) is 0 Å². The van der Waals surface area contributed by atoms with Crippen LogP contribution in [-0.2, 0) is 4.79 Å². The highest BCUT2D eigenvalue weighted by molar-refractivity contribution is 8.00. The van der Waals surface area contributed by atoms with E-state index in [1.165, 1.54) is 31.4 Å². The Balaban J connectivity index is 1.94. The number of carboxylic acids is 1. The van der Waals surface area contributed by atoms with Gasteiger partial charge in [0.15, 0.2) is 0 Å². The summed E-state index contributed by atoms with van der Waals surface area (Å²) < 4.78 is 0.259. The molecule has 0 bridgehead atoms. The van der Waals surface area contributed by atoms with E-state index >= 15 is 0 Å². The van der Waals surface area contributed by atoms with Crippen molar-refractivity contribution in [2.75, 3.05) is 25.4 Å². The predicted octanol–water partition coefficient (Wildman–Crippen LogP) is 2.24. The summed E-state index contributed by atoms with van der Waals surface area (Å²) in [6.07, 6.45) is 8.99. The highest BCUT2D eigenvalue weighted by atomic mass is 32.2. The molecular weight excluding hydrogens is 272 g/mol. The van der Waals surface area contributed by atoms with Crippen LogP contribution in [0.2, 0.25) is 0 Å². The smallest absolute Gasteiger partial charge is 0.320 e. The van der Waals surface area contributed by atoms with Crippen LogP contribution in [0.5, 0.6) is 0 Å². The Morgan fingerprint density at radius 1 is 1.10 bits per heavy atom. The highest BCUT2D eigenvalue weighted by Gasteiger charge is 2.35. The first-order valence-electron chi connectivity index (χ1n) is 8.03. The molecule has 0 saturated carbocycles. The quantitative estimate of drug-likeness (QED) is 0.693. The summed E-state index contributed by atoms with van der Waals surface area (Å²) in [4.78, 5) is 11.4. The fourth-order valence-corrected chi connectivity index (χ4v) is 4.64. The Morgan fingerprint density at radius 3 is 2.70 bits per heavy atom. The van der Waals surface area contributed by atoms with Gasteiger partial charge in [-0.2, -0.15) is 11.8 Å². The second kappa shape index (κ2) is 8.25. The number of carboxylic acid groups (broad SMARTS) is 1. The first-order chi connectivity index (χ1) is 9.72. The Morgan fingerprint density at radius 2 is 1.95 bits per heavy atom. The van der Waals surface area contributed by atoms with Crippen molar-refractivity contribution in [3.8, 4) is 0 Å². The third-order valence-electron chi connectivity index (χ3n) is 4.51. The summed E-state index contributed by atoms with van der Waals surface area (Å²) in [5, 5.41) is 16.2. The van der Waals surface area contributed by atoms with Crippen LogP contribution in [0.15, 0.2) is 0 Å². The van der Waals surface area contributed by atoms with Crippen molar-refractivity contribution in [2.24, 2.45) is 0 Å². The van der Waals surface area contributed by atoms with E-state index in [1.807, 2.05) is 11.8 Å². The van der Waals surface area contributed by atoms with Crippen LogP contribution < -0.4 is 10.6 Å². The Bertz CT molecular complexity index is 306. The van der Waals surface area contributed by atoms with E-state index in [1.54, 1.807) is 0 Å². The average Bonchev–Trinajstić information content (AvgIpc) is 2.89. The van der Waals surface area contributed by atoms with Crippen molar-refractivity contribution in [2.45, 2.75) is 62.2 Å². The van der Waals surface area contributed by atoms with Gasteiger partial charge in [-0.15, -0.1) is 0 Å². The third-order valence-corrected chi connectivity index (χ3v) is 6.17. The zero-order valence-corrected chi connectivity index (χ0v) is 13.1. The van der Waals surface area contributed by atoms with Crippen molar-refractivity contribution in [1.82, 2.24) is 10.6 Å². The van der Waals surface area contributed by atoms with E-state index in [0.29, 0.717) is 0 Å². The molecule has 0 aromatic carbocycles. The molecule has 20 heavy (non-hydrogen) atoms. The minimum atomic E-state index is -0.684. The number of hydrogen-bond donors (Lipinski definition) is 3. The number of rotatable bonds is 1. The summed E-state index contributed by atoms with van der Waals surface area (Å²) in [7, 11) is 0. The molecule has 0 aromatic rings. The summed E-state index contributed by atoms with van der Waals surface area (Å²) in [6, 6.07) is -0.359. The minimum Gasteiger partial charge on any atom is -0.480 e. The van der Waals surface area contributed by atoms with Gasteiger partial charge in [0.2, 0.25) is 0 Å². The van der Waals surface area contributed by atoms with Gasteiger partial charge in [0, 0.05) is 11.3 Å². The second-order valence-corrected chi connectivity index (χ2v) is 7.67. The van der Waals surface area contributed by atoms with Gasteiger partial charge in [0.05, 0.1) is 0 Å². The zero-order valence-electron chi connectivity index (χ0n) is 12.3. The van der Waals surface area contributed by atoms with Crippen molar-refractivity contribution in [3.05, 3.63) is 0 Å². The van der Waals surface area contributed by atoms with Crippen molar-refractivity contribution in [1.29, 1.82) is 0 Å². The monoisotopic (exact) mass is 300 g/mol. The van der Waals surface area contributed by atoms with Crippen molar-refractivity contribution >= 4 is 17.7 Å². The molecule has 5 heteroatoms. The van der Waals surface area contributed by atoms with Gasteiger partial charge < -0.3 is 15.7 Å². The maximum atomic E-state index is 11.4. The summed E-state index contributed by atoms with van der Waals surface area (Å²) in [5.41, 5.74) is 0. The lowest BCUT2D eigenvalue weighted by Gasteiger charge is -2.30. The van der Waals surface area contributed by atoms with Gasteiger partial charge >= 0.3 is 5.97 Å². The van der Waals surface area contributed by atoms with Gasteiger partial charge in [0.1, 0.15) is 6.04 Å². The normalized spacial score (nSPS) is 34.1. The molecule has 2 heterocycles. The molecule has 2 fully saturated rings. The second-order valence-electron chi connectivity index (χ2n) is 6.11. The number of nitrogens with one attached hydrogen (secondary N) is 2. The first kappa shape index (κ1) is 16.1. The molecule has 2 unspecified atom stereocenters. The molecule has 1 spiro atoms. The molecule has 0 radical (unpaired) electrons. The fraction of sp³-hybridized carbons (Fsp3) is 0.933. The topological polar surface area (TPSA) is 61.4 Å². The summed E-state index contributed by atoms with van der Waals surface area (Å²) in [6.45, 7) is 3.01. The molecule has 0 aliphatic carbocycles. The molecule has 2 atom stereocenters. The van der Waals surface area contributed by atoms with Crippen LogP contribution in [-0.4, -0.2) is 47.3 Å². The molecular formula is C15H28N2O2S. The molecule has 2 aliphatic heterocycles. The zero-order chi connectivity index (χ0) is 14.3. The Kier molecular flexibility index (Phi) is 6.65. The molecule has 2 aliphatic rings. The van der Waals surface area contributed by atoms with E-state index in [9.17, 15) is 9.90 Å². The van der Waals surface area contributed by atoms with E-state index in [4.69, 9.17) is 0 Å². The van der Waals surface area contributed by atoms with Gasteiger partial charge in [-0.05, 0) is 50.9 Å². The van der Waals surface area contributed by atoms with E-state index in [0.717, 1.165) is 45.3 Å². The summed E-state index contributed by atoms with van der Waals surface area (Å²) in [5.74, 6) is 0.538. The highest BCUT2D eigenvalue weighted by Crippen LogP contribution is 2.40. The molecule has 0 aromatic heterocycles. The molecule has 4 nitrogen and oxygen atoms in total. The maximum Gasteiger partial charge on any atom is 0.320 e. The Hall–Kier alpha value is -0.260. The van der Waals surface area contributed by atoms with E-state index < -0.39 is 5.97 Å². The standard InChI is InChI=1S/C15H28N2O2S/c18-14(19)13-6-3-1-2-4-9-16-10-8-15(12-17-13)7-5-11-20-15/h13,16-17H,1-12H2,(H,18,19). The van der Waals surface area contributed by atoms with Gasteiger partial charge in [0.25, 0.3) is 0 Å². The average molecular weight is 300 g/mol. The molecule has 2 saturated heterocycles. The minimum absolute atomic E-state index is 0.259.